The molecule has 2 fully saturated rings. The molecule has 2 saturated heterocycles. The maximum Gasteiger partial charge on any atom is 0.159 e. The summed E-state index contributed by atoms with van der Waals surface area (Å²) in [6.45, 7) is 8.76. The molecule has 0 saturated carbocycles. The third-order valence-corrected chi connectivity index (χ3v) is 7.63. The number of ether oxygens (including phenoxy) is 1. The summed E-state index contributed by atoms with van der Waals surface area (Å²) < 4.78 is 7.88. The number of benzene rings is 1. The van der Waals surface area contributed by atoms with Crippen LogP contribution in [0.2, 0.25) is 5.02 Å². The normalized spacial score (nSPS) is 25.3. The zero-order chi connectivity index (χ0) is 23.3. The van der Waals surface area contributed by atoms with E-state index in [1.165, 1.54) is 0 Å². The number of anilines is 2. The minimum Gasteiger partial charge on any atom is -0.388 e. The minimum absolute atomic E-state index is 0.230. The van der Waals surface area contributed by atoms with E-state index in [0.29, 0.717) is 36.5 Å². The number of aliphatic hydroxyl groups is 1. The smallest absolute Gasteiger partial charge is 0.159 e. The van der Waals surface area contributed by atoms with E-state index in [1.807, 2.05) is 42.9 Å². The summed E-state index contributed by atoms with van der Waals surface area (Å²) in [6, 6.07) is 6.28. The molecule has 1 N–H and O–H groups in total. The van der Waals surface area contributed by atoms with E-state index in [2.05, 4.69) is 44.4 Å². The highest BCUT2D eigenvalue weighted by molar-refractivity contribution is 14.1. The number of halogens is 2. The van der Waals surface area contributed by atoms with Crippen LogP contribution in [0.1, 0.15) is 32.5 Å². The number of β-amino-alcohol motifs (C(OH)–C–C–N with tert-alkyl or cyclic N) is 1. The van der Waals surface area contributed by atoms with Gasteiger partial charge in [0.2, 0.25) is 0 Å². The van der Waals surface area contributed by atoms with E-state index in [0.717, 1.165) is 47.7 Å². The lowest BCUT2D eigenvalue weighted by molar-refractivity contribution is 0.0839. The standard InChI is InChI=1S/C23H28ClIN6O2/c1-4-30(16-8-20(25)33-12-16)21-10-22(28-14(2)27-21)31-18-9-19(17(24)7-15(18)11-26-31)29-6-5-23(3,32)13-29/h7,9-11,16,20,32H,4-6,8,12-13H2,1-3H3. The van der Waals surface area contributed by atoms with Crippen molar-refractivity contribution in [3.05, 3.63) is 35.2 Å². The Labute approximate surface area is 212 Å². The summed E-state index contributed by atoms with van der Waals surface area (Å²) >= 11 is 8.97. The maximum absolute atomic E-state index is 10.4. The predicted octanol–water partition coefficient (Wildman–Crippen LogP) is 4.11. The first-order valence-corrected chi connectivity index (χ1v) is 12.9. The molecule has 3 unspecified atom stereocenters. The van der Waals surface area contributed by atoms with Crippen molar-refractivity contribution >= 4 is 56.6 Å². The van der Waals surface area contributed by atoms with Gasteiger partial charge in [0.1, 0.15) is 15.8 Å². The molecule has 1 aromatic carbocycles. The molecule has 0 bridgehead atoms. The average Bonchev–Trinajstić information content (AvgIpc) is 3.46. The van der Waals surface area contributed by atoms with E-state index >= 15 is 0 Å². The maximum atomic E-state index is 10.4. The summed E-state index contributed by atoms with van der Waals surface area (Å²) in [4.78, 5) is 13.9. The highest BCUT2D eigenvalue weighted by Gasteiger charge is 2.33. The fraction of sp³-hybridized carbons (Fsp3) is 0.522. The molecule has 3 atom stereocenters. The second-order valence-corrected chi connectivity index (χ2v) is 10.9. The molecule has 2 aromatic heterocycles. The van der Waals surface area contributed by atoms with Crippen molar-refractivity contribution in [3.63, 3.8) is 0 Å². The highest BCUT2D eigenvalue weighted by Crippen LogP contribution is 2.36. The average molecular weight is 583 g/mol. The van der Waals surface area contributed by atoms with E-state index in [-0.39, 0.29) is 4.11 Å². The number of hydrogen-bond donors (Lipinski definition) is 1. The van der Waals surface area contributed by atoms with Crippen LogP contribution in [0.25, 0.3) is 16.7 Å². The van der Waals surface area contributed by atoms with Gasteiger partial charge >= 0.3 is 0 Å². The molecule has 0 radical (unpaired) electrons. The van der Waals surface area contributed by atoms with Crippen molar-refractivity contribution in [3.8, 4) is 5.82 Å². The Morgan fingerprint density at radius 3 is 2.82 bits per heavy atom. The quantitative estimate of drug-likeness (QED) is 0.358. The van der Waals surface area contributed by atoms with Crippen molar-refractivity contribution in [2.24, 2.45) is 0 Å². The Hall–Kier alpha value is -1.69. The van der Waals surface area contributed by atoms with E-state index in [1.54, 1.807) is 0 Å². The Balaban J connectivity index is 1.54. The number of aryl methyl sites for hydroxylation is 1. The van der Waals surface area contributed by atoms with Crippen LogP contribution in [-0.2, 0) is 4.74 Å². The second-order valence-electron chi connectivity index (χ2n) is 9.14. The van der Waals surface area contributed by atoms with Gasteiger partial charge in [0.15, 0.2) is 5.82 Å². The Kier molecular flexibility index (Phi) is 6.17. The Morgan fingerprint density at radius 2 is 2.15 bits per heavy atom. The van der Waals surface area contributed by atoms with Crippen LogP contribution in [0.3, 0.4) is 0 Å². The molecule has 10 heteroatoms. The summed E-state index contributed by atoms with van der Waals surface area (Å²) in [6.07, 6.45) is 3.50. The van der Waals surface area contributed by atoms with Gasteiger partial charge < -0.3 is 19.6 Å². The molecule has 176 valence electrons. The predicted molar refractivity (Wildman–Crippen MR) is 139 cm³/mol. The number of aromatic nitrogens is 4. The van der Waals surface area contributed by atoms with E-state index in [4.69, 9.17) is 26.3 Å². The summed E-state index contributed by atoms with van der Waals surface area (Å²) in [5, 5.41) is 16.7. The first kappa shape index (κ1) is 23.1. The number of nitrogens with zero attached hydrogens (tertiary/aromatic N) is 6. The van der Waals surface area contributed by atoms with Crippen LogP contribution >= 0.6 is 34.2 Å². The molecule has 3 aromatic rings. The lowest BCUT2D eigenvalue weighted by atomic mass is 10.1. The van der Waals surface area contributed by atoms with E-state index in [9.17, 15) is 5.11 Å². The van der Waals surface area contributed by atoms with E-state index < -0.39 is 5.60 Å². The first-order chi connectivity index (χ1) is 15.7. The first-order valence-electron chi connectivity index (χ1n) is 11.3. The van der Waals surface area contributed by atoms with Crippen LogP contribution in [0.5, 0.6) is 0 Å². The number of likely N-dealkylation sites (N-methyl/N-ethyl adjacent to an activating group) is 1. The number of hydrogen-bond acceptors (Lipinski definition) is 7. The molecular formula is C23H28ClIN6O2. The van der Waals surface area contributed by atoms with Crippen LogP contribution in [0.15, 0.2) is 24.4 Å². The molecule has 4 heterocycles. The third kappa shape index (κ3) is 4.52. The van der Waals surface area contributed by atoms with Gasteiger partial charge in [-0.2, -0.15) is 5.10 Å². The topological polar surface area (TPSA) is 79.5 Å². The van der Waals surface area contributed by atoms with Gasteiger partial charge in [-0.05, 0) is 39.3 Å². The summed E-state index contributed by atoms with van der Waals surface area (Å²) in [5.41, 5.74) is 1.12. The van der Waals surface area contributed by atoms with Crippen LogP contribution in [-0.4, -0.2) is 66.8 Å². The fourth-order valence-electron chi connectivity index (χ4n) is 4.79. The van der Waals surface area contributed by atoms with Gasteiger partial charge in [-0.1, -0.05) is 34.2 Å². The third-order valence-electron chi connectivity index (χ3n) is 6.46. The highest BCUT2D eigenvalue weighted by atomic mass is 127. The molecule has 2 aliphatic rings. The molecule has 0 amide bonds. The zero-order valence-corrected chi connectivity index (χ0v) is 21.9. The van der Waals surface area contributed by atoms with Crippen molar-refractivity contribution in [2.75, 3.05) is 36.0 Å². The van der Waals surface area contributed by atoms with Crippen LogP contribution in [0, 0.1) is 6.92 Å². The fourth-order valence-corrected chi connectivity index (χ4v) is 5.88. The van der Waals surface area contributed by atoms with Gasteiger partial charge in [-0.3, -0.25) is 0 Å². The summed E-state index contributed by atoms with van der Waals surface area (Å²) in [5.74, 6) is 2.30. The number of rotatable bonds is 5. The van der Waals surface area contributed by atoms with Crippen LogP contribution in [0.4, 0.5) is 11.5 Å². The molecule has 0 spiro atoms. The largest absolute Gasteiger partial charge is 0.388 e. The molecule has 8 nitrogen and oxygen atoms in total. The summed E-state index contributed by atoms with van der Waals surface area (Å²) in [7, 11) is 0. The SMILES string of the molecule is CCN(c1cc(-n2ncc3cc(Cl)c(N4CCC(C)(O)C4)cc32)nc(C)n1)C1COC(I)C1. The number of alkyl halides is 1. The zero-order valence-electron chi connectivity index (χ0n) is 19.0. The Morgan fingerprint density at radius 1 is 1.33 bits per heavy atom. The molecular weight excluding hydrogens is 555 g/mol. The van der Waals surface area contributed by atoms with Gasteiger partial charge in [0.05, 0.1) is 40.7 Å². The molecule has 5 rings (SSSR count). The van der Waals surface area contributed by atoms with Gasteiger partial charge in [0, 0.05) is 37.5 Å². The lowest BCUT2D eigenvalue weighted by Gasteiger charge is -2.28. The minimum atomic E-state index is -0.707. The lowest BCUT2D eigenvalue weighted by Crippen LogP contribution is -2.36. The van der Waals surface area contributed by atoms with Crippen molar-refractivity contribution in [1.82, 2.24) is 19.7 Å². The van der Waals surface area contributed by atoms with Crippen molar-refractivity contribution in [1.29, 1.82) is 0 Å². The molecule has 0 aliphatic carbocycles. The van der Waals surface area contributed by atoms with Crippen LogP contribution < -0.4 is 9.80 Å². The molecule has 2 aliphatic heterocycles. The van der Waals surface area contributed by atoms with Crippen molar-refractivity contribution in [2.45, 2.75) is 49.4 Å². The van der Waals surface area contributed by atoms with Gasteiger partial charge in [0.25, 0.3) is 0 Å². The van der Waals surface area contributed by atoms with Gasteiger partial charge in [-0.15, -0.1) is 0 Å². The van der Waals surface area contributed by atoms with Crippen molar-refractivity contribution < 1.29 is 9.84 Å². The van der Waals surface area contributed by atoms with Gasteiger partial charge in [-0.25, -0.2) is 14.6 Å². The monoisotopic (exact) mass is 582 g/mol. The number of fused-ring (bicyclic) bond motifs is 1. The second kappa shape index (κ2) is 8.83. The Bertz CT molecular complexity index is 1190. The molecule has 33 heavy (non-hydrogen) atoms.